The Morgan fingerprint density at radius 2 is 2.69 bits per heavy atom. The van der Waals surface area contributed by atoms with Crippen LogP contribution in [0.1, 0.15) is 13.3 Å². The molecule has 0 amide bonds. The highest BCUT2D eigenvalue weighted by Crippen LogP contribution is 2.03. The molecule has 1 aliphatic heterocycles. The van der Waals surface area contributed by atoms with Crippen LogP contribution in [-0.2, 0) is 4.84 Å². The van der Waals surface area contributed by atoms with Crippen LogP contribution in [0.25, 0.3) is 0 Å². The van der Waals surface area contributed by atoms with Gasteiger partial charge in [-0.3, -0.25) is 0 Å². The molecule has 0 aliphatic carbocycles. The largest absolute Gasteiger partial charge is 0.382 e. The van der Waals surface area contributed by atoms with E-state index < -0.39 is 0 Å². The Morgan fingerprint density at radius 3 is 3.31 bits per heavy atom. The molecule has 1 rings (SSSR count). The van der Waals surface area contributed by atoms with Gasteiger partial charge in [0, 0.05) is 6.54 Å². The molecule has 0 aromatic carbocycles. The zero-order valence-corrected chi connectivity index (χ0v) is 7.84. The van der Waals surface area contributed by atoms with E-state index in [2.05, 4.69) is 22.5 Å². The van der Waals surface area contributed by atoms with Crippen molar-refractivity contribution in [3.63, 3.8) is 0 Å². The monoisotopic (exact) mass is 178 g/mol. The molecule has 0 spiro atoms. The van der Waals surface area contributed by atoms with Gasteiger partial charge in [0.1, 0.15) is 0 Å². The average Bonchev–Trinajstić information content (AvgIpc) is 2.19. The SMILES string of the molecule is C#CCON=C(C)C1=CCCNC1. The normalized spacial score (nSPS) is 17.5. The Labute approximate surface area is 78.8 Å². The van der Waals surface area contributed by atoms with Gasteiger partial charge in [-0.05, 0) is 25.5 Å². The van der Waals surface area contributed by atoms with E-state index in [-0.39, 0.29) is 6.61 Å². The summed E-state index contributed by atoms with van der Waals surface area (Å²) in [7, 11) is 0. The van der Waals surface area contributed by atoms with Crippen molar-refractivity contribution in [2.24, 2.45) is 5.16 Å². The minimum atomic E-state index is 0.234. The van der Waals surface area contributed by atoms with Crippen LogP contribution in [0.5, 0.6) is 0 Å². The zero-order valence-electron chi connectivity index (χ0n) is 7.84. The van der Waals surface area contributed by atoms with Crippen molar-refractivity contribution in [2.45, 2.75) is 13.3 Å². The molecule has 3 nitrogen and oxygen atoms in total. The smallest absolute Gasteiger partial charge is 0.177 e. The molecule has 0 radical (unpaired) electrons. The molecule has 0 unspecified atom stereocenters. The quantitative estimate of drug-likeness (QED) is 0.302. The van der Waals surface area contributed by atoms with Crippen molar-refractivity contribution in [2.75, 3.05) is 19.7 Å². The number of rotatable bonds is 3. The summed E-state index contributed by atoms with van der Waals surface area (Å²) < 4.78 is 0. The molecular weight excluding hydrogens is 164 g/mol. The van der Waals surface area contributed by atoms with Gasteiger partial charge < -0.3 is 10.2 Å². The van der Waals surface area contributed by atoms with E-state index in [1.54, 1.807) is 0 Å². The van der Waals surface area contributed by atoms with Crippen molar-refractivity contribution in [3.8, 4) is 12.3 Å². The topological polar surface area (TPSA) is 33.6 Å². The summed E-state index contributed by atoms with van der Waals surface area (Å²) in [6, 6.07) is 0. The predicted octanol–water partition coefficient (Wildman–Crippen LogP) is 0.932. The fourth-order valence-corrected chi connectivity index (χ4v) is 1.14. The van der Waals surface area contributed by atoms with Crippen molar-refractivity contribution < 1.29 is 4.84 Å². The highest BCUT2D eigenvalue weighted by Gasteiger charge is 2.05. The Hall–Kier alpha value is -1.27. The lowest BCUT2D eigenvalue weighted by molar-refractivity contribution is 0.179. The summed E-state index contributed by atoms with van der Waals surface area (Å²) in [5.41, 5.74) is 2.10. The van der Waals surface area contributed by atoms with Gasteiger partial charge in [0.15, 0.2) is 6.61 Å². The lowest BCUT2D eigenvalue weighted by atomic mass is 10.1. The van der Waals surface area contributed by atoms with Gasteiger partial charge in [0.05, 0.1) is 5.71 Å². The first-order valence-corrected chi connectivity index (χ1v) is 4.34. The van der Waals surface area contributed by atoms with Crippen molar-refractivity contribution in [1.82, 2.24) is 5.32 Å². The number of nitrogens with zero attached hydrogens (tertiary/aromatic N) is 1. The van der Waals surface area contributed by atoms with E-state index in [0.29, 0.717) is 0 Å². The van der Waals surface area contributed by atoms with E-state index in [1.807, 2.05) is 6.92 Å². The second-order valence-corrected chi connectivity index (χ2v) is 2.85. The van der Waals surface area contributed by atoms with Crippen LogP contribution in [-0.4, -0.2) is 25.4 Å². The number of hydrogen-bond donors (Lipinski definition) is 1. The first kappa shape index (κ1) is 9.82. The highest BCUT2D eigenvalue weighted by atomic mass is 16.6. The van der Waals surface area contributed by atoms with Gasteiger partial charge in [-0.25, -0.2) is 0 Å². The van der Waals surface area contributed by atoms with Gasteiger partial charge in [0.2, 0.25) is 0 Å². The molecule has 0 fully saturated rings. The van der Waals surface area contributed by atoms with E-state index >= 15 is 0 Å². The highest BCUT2D eigenvalue weighted by molar-refractivity contribution is 5.98. The summed E-state index contributed by atoms with van der Waals surface area (Å²) >= 11 is 0. The number of terminal acetylenes is 1. The maximum Gasteiger partial charge on any atom is 0.177 e. The Balaban J connectivity index is 2.46. The van der Waals surface area contributed by atoms with Gasteiger partial charge in [-0.15, -0.1) is 6.42 Å². The molecule has 0 bridgehead atoms. The van der Waals surface area contributed by atoms with Gasteiger partial charge in [0.25, 0.3) is 0 Å². The molecule has 0 aromatic heterocycles. The van der Waals surface area contributed by atoms with Crippen LogP contribution in [0.15, 0.2) is 16.8 Å². The zero-order chi connectivity index (χ0) is 9.52. The van der Waals surface area contributed by atoms with Crippen LogP contribution in [0.2, 0.25) is 0 Å². The first-order chi connectivity index (χ1) is 6.34. The third kappa shape index (κ3) is 3.30. The van der Waals surface area contributed by atoms with Crippen LogP contribution in [0.3, 0.4) is 0 Å². The summed E-state index contributed by atoms with van der Waals surface area (Å²) in [6.07, 6.45) is 8.25. The van der Waals surface area contributed by atoms with Crippen LogP contribution in [0, 0.1) is 12.3 Å². The van der Waals surface area contributed by atoms with Crippen molar-refractivity contribution in [1.29, 1.82) is 0 Å². The molecule has 1 aliphatic rings. The summed E-state index contributed by atoms with van der Waals surface area (Å²) in [4.78, 5) is 4.88. The van der Waals surface area contributed by atoms with Crippen LogP contribution in [0.4, 0.5) is 0 Å². The molecule has 13 heavy (non-hydrogen) atoms. The standard InChI is InChI=1S/C10H14N2O/c1-3-7-13-12-9(2)10-5-4-6-11-8-10/h1,5,11H,4,6-8H2,2H3. The molecule has 0 saturated heterocycles. The van der Waals surface area contributed by atoms with Gasteiger partial charge in [-0.1, -0.05) is 17.2 Å². The second kappa shape index (κ2) is 5.39. The van der Waals surface area contributed by atoms with E-state index in [4.69, 9.17) is 11.3 Å². The Morgan fingerprint density at radius 1 is 1.85 bits per heavy atom. The molecule has 1 N–H and O–H groups in total. The Bertz CT molecular complexity index is 261. The maximum absolute atomic E-state index is 5.02. The minimum Gasteiger partial charge on any atom is -0.382 e. The number of nitrogens with one attached hydrogen (secondary N) is 1. The number of oxime groups is 1. The average molecular weight is 178 g/mol. The third-order valence-electron chi connectivity index (χ3n) is 1.84. The van der Waals surface area contributed by atoms with Crippen LogP contribution < -0.4 is 5.32 Å². The van der Waals surface area contributed by atoms with Crippen molar-refractivity contribution >= 4 is 5.71 Å². The van der Waals surface area contributed by atoms with Gasteiger partial charge >= 0.3 is 0 Å². The fourth-order valence-electron chi connectivity index (χ4n) is 1.14. The third-order valence-corrected chi connectivity index (χ3v) is 1.84. The van der Waals surface area contributed by atoms with E-state index in [1.165, 1.54) is 5.57 Å². The predicted molar refractivity (Wildman–Crippen MR) is 53.5 cm³/mol. The molecular formula is C10H14N2O. The minimum absolute atomic E-state index is 0.234. The molecule has 3 heteroatoms. The summed E-state index contributed by atoms with van der Waals surface area (Å²) in [6.45, 7) is 4.07. The summed E-state index contributed by atoms with van der Waals surface area (Å²) in [5.74, 6) is 2.36. The first-order valence-electron chi connectivity index (χ1n) is 4.34. The molecule has 0 saturated carbocycles. The van der Waals surface area contributed by atoms with Crippen LogP contribution >= 0.6 is 0 Å². The molecule has 0 aromatic rings. The molecule has 1 heterocycles. The second-order valence-electron chi connectivity index (χ2n) is 2.85. The lowest BCUT2D eigenvalue weighted by Crippen LogP contribution is -2.25. The Kier molecular flexibility index (Phi) is 4.07. The van der Waals surface area contributed by atoms with E-state index in [0.717, 1.165) is 25.2 Å². The lowest BCUT2D eigenvalue weighted by Gasteiger charge is -2.13. The summed E-state index contributed by atoms with van der Waals surface area (Å²) in [5, 5.41) is 7.16. The molecule has 70 valence electrons. The van der Waals surface area contributed by atoms with Gasteiger partial charge in [-0.2, -0.15) is 0 Å². The maximum atomic E-state index is 5.02. The number of hydrogen-bond acceptors (Lipinski definition) is 3. The van der Waals surface area contributed by atoms with E-state index in [9.17, 15) is 0 Å². The fraction of sp³-hybridized carbons (Fsp3) is 0.500. The molecule has 0 atom stereocenters. The van der Waals surface area contributed by atoms with Crippen molar-refractivity contribution in [3.05, 3.63) is 11.6 Å².